The Balaban J connectivity index is 1.44. The number of benzene rings is 3. The highest BCUT2D eigenvalue weighted by atomic mass is 35.5. The maximum absolute atomic E-state index is 12.4. The van der Waals surface area contributed by atoms with E-state index in [1.807, 2.05) is 84.9 Å². The predicted octanol–water partition coefficient (Wildman–Crippen LogP) is 5.33. The van der Waals surface area contributed by atoms with Crippen LogP contribution in [0.4, 0.5) is 0 Å². The quantitative estimate of drug-likeness (QED) is 0.486. The van der Waals surface area contributed by atoms with Gasteiger partial charge >= 0.3 is 0 Å². The molecule has 0 aliphatic rings. The van der Waals surface area contributed by atoms with Crippen LogP contribution in [0.5, 0.6) is 0 Å². The molecule has 1 amide bonds. The van der Waals surface area contributed by atoms with E-state index in [4.69, 9.17) is 11.6 Å². The monoisotopic (exact) mass is 387 g/mol. The van der Waals surface area contributed by atoms with Gasteiger partial charge in [0, 0.05) is 22.7 Å². The van der Waals surface area contributed by atoms with Gasteiger partial charge in [0.1, 0.15) is 0 Å². The van der Waals surface area contributed by atoms with Crippen molar-refractivity contribution in [3.63, 3.8) is 0 Å². The van der Waals surface area contributed by atoms with E-state index in [2.05, 4.69) is 15.5 Å². The summed E-state index contributed by atoms with van der Waals surface area (Å²) in [4.78, 5) is 12.4. The van der Waals surface area contributed by atoms with E-state index in [1.54, 1.807) is 0 Å². The lowest BCUT2D eigenvalue weighted by Gasteiger charge is -2.06. The SMILES string of the molecule is O=C(NCc1cccc(Cl)c1)c1ccc(-c2cc(-c3ccccc3)n[nH]2)cc1. The second-order valence-electron chi connectivity index (χ2n) is 6.42. The molecule has 4 aromatic rings. The van der Waals surface area contributed by atoms with Gasteiger partial charge in [0.15, 0.2) is 0 Å². The molecule has 0 unspecified atom stereocenters. The average Bonchev–Trinajstić information content (AvgIpc) is 3.23. The highest BCUT2D eigenvalue weighted by molar-refractivity contribution is 6.30. The Bertz CT molecular complexity index is 1090. The van der Waals surface area contributed by atoms with Gasteiger partial charge in [0.25, 0.3) is 5.91 Å². The van der Waals surface area contributed by atoms with Crippen molar-refractivity contribution >= 4 is 17.5 Å². The molecule has 1 aromatic heterocycles. The number of hydrogen-bond donors (Lipinski definition) is 2. The molecule has 0 saturated heterocycles. The number of amides is 1. The highest BCUT2D eigenvalue weighted by Gasteiger charge is 2.08. The zero-order valence-electron chi connectivity index (χ0n) is 15.0. The summed E-state index contributed by atoms with van der Waals surface area (Å²) < 4.78 is 0. The smallest absolute Gasteiger partial charge is 0.251 e. The van der Waals surface area contributed by atoms with Crippen LogP contribution in [-0.4, -0.2) is 16.1 Å². The van der Waals surface area contributed by atoms with Crippen LogP contribution in [-0.2, 0) is 6.54 Å². The van der Waals surface area contributed by atoms with E-state index in [0.717, 1.165) is 28.1 Å². The number of nitrogens with zero attached hydrogens (tertiary/aromatic N) is 1. The van der Waals surface area contributed by atoms with Gasteiger partial charge in [-0.1, -0.05) is 66.2 Å². The van der Waals surface area contributed by atoms with Gasteiger partial charge in [0.2, 0.25) is 0 Å². The van der Waals surface area contributed by atoms with Gasteiger partial charge in [-0.25, -0.2) is 0 Å². The number of aromatic amines is 1. The molecule has 3 aromatic carbocycles. The van der Waals surface area contributed by atoms with E-state index >= 15 is 0 Å². The van der Waals surface area contributed by atoms with Crippen molar-refractivity contribution < 1.29 is 4.79 Å². The van der Waals surface area contributed by atoms with E-state index < -0.39 is 0 Å². The molecule has 0 bridgehead atoms. The minimum atomic E-state index is -0.124. The molecule has 5 heteroatoms. The maximum atomic E-state index is 12.4. The molecule has 28 heavy (non-hydrogen) atoms. The number of carbonyl (C=O) groups excluding carboxylic acids is 1. The molecule has 0 aliphatic carbocycles. The van der Waals surface area contributed by atoms with Crippen LogP contribution < -0.4 is 5.32 Å². The second-order valence-corrected chi connectivity index (χ2v) is 6.86. The Labute approximate surface area is 168 Å². The van der Waals surface area contributed by atoms with Crippen molar-refractivity contribution in [2.24, 2.45) is 0 Å². The van der Waals surface area contributed by atoms with Crippen molar-refractivity contribution in [1.29, 1.82) is 0 Å². The lowest BCUT2D eigenvalue weighted by molar-refractivity contribution is 0.0951. The molecule has 1 heterocycles. The summed E-state index contributed by atoms with van der Waals surface area (Å²) in [5.41, 5.74) is 5.39. The zero-order valence-corrected chi connectivity index (χ0v) is 15.8. The Kier molecular flexibility index (Phi) is 5.22. The van der Waals surface area contributed by atoms with Crippen LogP contribution >= 0.6 is 11.6 Å². The Morgan fingerprint density at radius 3 is 2.43 bits per heavy atom. The van der Waals surface area contributed by atoms with Gasteiger partial charge < -0.3 is 5.32 Å². The summed E-state index contributed by atoms with van der Waals surface area (Å²) in [6, 6.07) is 26.9. The Morgan fingerprint density at radius 2 is 1.68 bits per heavy atom. The van der Waals surface area contributed by atoms with Crippen molar-refractivity contribution in [1.82, 2.24) is 15.5 Å². The van der Waals surface area contributed by atoms with Crippen molar-refractivity contribution in [2.45, 2.75) is 6.54 Å². The minimum absolute atomic E-state index is 0.124. The fourth-order valence-corrected chi connectivity index (χ4v) is 3.17. The van der Waals surface area contributed by atoms with Crippen molar-refractivity contribution in [3.05, 3.63) is 101 Å². The molecule has 0 spiro atoms. The average molecular weight is 388 g/mol. The first-order valence-corrected chi connectivity index (χ1v) is 9.31. The number of carbonyl (C=O) groups is 1. The van der Waals surface area contributed by atoms with Crippen LogP contribution in [0.2, 0.25) is 5.02 Å². The molecule has 4 nitrogen and oxygen atoms in total. The number of hydrogen-bond acceptors (Lipinski definition) is 2. The molecule has 0 atom stereocenters. The zero-order chi connectivity index (χ0) is 19.3. The second kappa shape index (κ2) is 8.11. The molecule has 2 N–H and O–H groups in total. The van der Waals surface area contributed by atoms with Crippen LogP contribution in [0.15, 0.2) is 84.9 Å². The molecular formula is C23H18ClN3O. The topological polar surface area (TPSA) is 57.8 Å². The lowest BCUT2D eigenvalue weighted by Crippen LogP contribution is -2.22. The predicted molar refractivity (Wildman–Crippen MR) is 112 cm³/mol. The van der Waals surface area contributed by atoms with Crippen LogP contribution in [0.1, 0.15) is 15.9 Å². The van der Waals surface area contributed by atoms with Gasteiger partial charge in [-0.2, -0.15) is 5.10 Å². The molecular weight excluding hydrogens is 370 g/mol. The van der Waals surface area contributed by atoms with E-state index in [-0.39, 0.29) is 5.91 Å². The first kappa shape index (κ1) is 18.0. The highest BCUT2D eigenvalue weighted by Crippen LogP contribution is 2.24. The minimum Gasteiger partial charge on any atom is -0.348 e. The van der Waals surface area contributed by atoms with Gasteiger partial charge in [-0.05, 0) is 41.5 Å². The number of halogens is 1. The summed E-state index contributed by atoms with van der Waals surface area (Å²) in [5.74, 6) is -0.124. The maximum Gasteiger partial charge on any atom is 0.251 e. The molecule has 0 radical (unpaired) electrons. The third-order valence-electron chi connectivity index (χ3n) is 4.45. The third-order valence-corrected chi connectivity index (χ3v) is 4.68. The fourth-order valence-electron chi connectivity index (χ4n) is 2.96. The summed E-state index contributed by atoms with van der Waals surface area (Å²) in [6.07, 6.45) is 0. The molecule has 138 valence electrons. The molecule has 0 aliphatic heterocycles. The number of nitrogens with one attached hydrogen (secondary N) is 2. The molecule has 0 fully saturated rings. The first-order valence-electron chi connectivity index (χ1n) is 8.93. The Morgan fingerprint density at radius 1 is 0.893 bits per heavy atom. The van der Waals surface area contributed by atoms with Crippen molar-refractivity contribution in [3.8, 4) is 22.5 Å². The largest absolute Gasteiger partial charge is 0.348 e. The van der Waals surface area contributed by atoms with Gasteiger partial charge in [-0.3, -0.25) is 9.89 Å². The summed E-state index contributed by atoms with van der Waals surface area (Å²) >= 11 is 5.97. The summed E-state index contributed by atoms with van der Waals surface area (Å²) in [6.45, 7) is 0.433. The van der Waals surface area contributed by atoms with E-state index in [9.17, 15) is 4.79 Å². The lowest BCUT2D eigenvalue weighted by atomic mass is 10.1. The number of aromatic nitrogens is 2. The normalized spacial score (nSPS) is 10.6. The number of rotatable bonds is 5. The fraction of sp³-hybridized carbons (Fsp3) is 0.0435. The van der Waals surface area contributed by atoms with E-state index in [0.29, 0.717) is 17.1 Å². The van der Waals surface area contributed by atoms with Crippen LogP contribution in [0.25, 0.3) is 22.5 Å². The third kappa shape index (κ3) is 4.13. The summed E-state index contributed by atoms with van der Waals surface area (Å²) in [7, 11) is 0. The van der Waals surface area contributed by atoms with Gasteiger partial charge in [-0.15, -0.1) is 0 Å². The van der Waals surface area contributed by atoms with Gasteiger partial charge in [0.05, 0.1) is 11.4 Å². The van der Waals surface area contributed by atoms with E-state index in [1.165, 1.54) is 0 Å². The molecule has 0 saturated carbocycles. The standard InChI is InChI=1S/C23H18ClN3O/c24-20-8-4-5-16(13-20)15-25-23(28)19-11-9-18(10-12-19)22-14-21(26-27-22)17-6-2-1-3-7-17/h1-14H,15H2,(H,25,28)(H,26,27). The van der Waals surface area contributed by atoms with Crippen LogP contribution in [0, 0.1) is 0 Å². The summed E-state index contributed by atoms with van der Waals surface area (Å²) in [5, 5.41) is 11.0. The van der Waals surface area contributed by atoms with Crippen molar-refractivity contribution in [2.75, 3.05) is 0 Å². The number of H-pyrrole nitrogens is 1. The molecule has 4 rings (SSSR count). The Hall–Kier alpha value is -3.37. The first-order chi connectivity index (χ1) is 13.7. The van der Waals surface area contributed by atoms with Crippen LogP contribution in [0.3, 0.4) is 0 Å².